The molecule has 0 saturated carbocycles. The molecule has 0 bridgehead atoms. The summed E-state index contributed by atoms with van der Waals surface area (Å²) in [6, 6.07) is 22.6. The van der Waals surface area contributed by atoms with Gasteiger partial charge in [0.25, 0.3) is 0 Å². The summed E-state index contributed by atoms with van der Waals surface area (Å²) in [5.41, 5.74) is 5.04. The van der Waals surface area contributed by atoms with Crippen molar-refractivity contribution in [3.63, 3.8) is 0 Å². The average Bonchev–Trinajstić information content (AvgIpc) is 3.23. The number of nitrogens with zero attached hydrogens (tertiary/aromatic N) is 1. The van der Waals surface area contributed by atoms with Gasteiger partial charge in [0.15, 0.2) is 0 Å². The van der Waals surface area contributed by atoms with Crippen LogP contribution in [0, 0.1) is 5.82 Å². The third-order valence-corrected chi connectivity index (χ3v) is 5.29. The molecule has 0 aliphatic heterocycles. The first-order valence-corrected chi connectivity index (χ1v) is 9.74. The zero-order chi connectivity index (χ0) is 19.3. The summed E-state index contributed by atoms with van der Waals surface area (Å²) < 4.78 is 18.5. The van der Waals surface area contributed by atoms with Gasteiger partial charge in [-0.25, -0.2) is 9.37 Å². The Morgan fingerprint density at radius 3 is 2.32 bits per heavy atom. The van der Waals surface area contributed by atoms with Crippen molar-refractivity contribution in [1.82, 2.24) is 4.98 Å². The Balaban J connectivity index is 1.52. The van der Waals surface area contributed by atoms with Gasteiger partial charge in [-0.1, -0.05) is 54.6 Å². The molecule has 1 aromatic heterocycles. The van der Waals surface area contributed by atoms with Crippen LogP contribution >= 0.6 is 11.3 Å². The van der Waals surface area contributed by atoms with Crippen molar-refractivity contribution in [2.75, 3.05) is 7.11 Å². The van der Waals surface area contributed by atoms with Crippen LogP contribution in [0.1, 0.15) is 11.1 Å². The highest BCUT2D eigenvalue weighted by Gasteiger charge is 2.07. The monoisotopic (exact) mass is 387 g/mol. The fourth-order valence-electron chi connectivity index (χ4n) is 2.89. The van der Waals surface area contributed by atoms with Crippen LogP contribution in [-0.4, -0.2) is 12.1 Å². The van der Waals surface area contributed by atoms with Crippen molar-refractivity contribution in [3.05, 3.63) is 95.1 Å². The van der Waals surface area contributed by atoms with E-state index in [9.17, 15) is 4.39 Å². The predicted molar refractivity (Wildman–Crippen MR) is 115 cm³/mol. The van der Waals surface area contributed by atoms with Gasteiger partial charge in [-0.3, -0.25) is 0 Å². The van der Waals surface area contributed by atoms with Crippen molar-refractivity contribution >= 4 is 23.5 Å². The molecule has 0 unspecified atom stereocenters. The maximum Gasteiger partial charge on any atom is 0.126 e. The molecular weight excluding hydrogens is 369 g/mol. The lowest BCUT2D eigenvalue weighted by molar-refractivity contribution is 0.414. The van der Waals surface area contributed by atoms with Gasteiger partial charge in [0.2, 0.25) is 0 Å². The smallest absolute Gasteiger partial charge is 0.126 e. The molecule has 2 nitrogen and oxygen atoms in total. The number of thiazole rings is 1. The number of para-hydroxylation sites is 1. The van der Waals surface area contributed by atoms with Gasteiger partial charge in [-0.05, 0) is 35.9 Å². The predicted octanol–water partition coefficient (Wildman–Crippen LogP) is 6.80. The number of rotatable bonds is 5. The summed E-state index contributed by atoms with van der Waals surface area (Å²) in [6.07, 6.45) is 4.11. The Kier molecular flexibility index (Phi) is 5.31. The first-order valence-electron chi connectivity index (χ1n) is 8.86. The highest BCUT2D eigenvalue weighted by Crippen LogP contribution is 2.29. The topological polar surface area (TPSA) is 22.1 Å². The van der Waals surface area contributed by atoms with Crippen LogP contribution in [0.3, 0.4) is 0 Å². The number of aromatic nitrogens is 1. The SMILES string of the molecule is COc1ccccc1C=Cc1ccc(-c2csc(-c3ccc(F)cc3)n2)cc1. The highest BCUT2D eigenvalue weighted by atomic mass is 32.1. The molecule has 0 atom stereocenters. The minimum Gasteiger partial charge on any atom is -0.496 e. The summed E-state index contributed by atoms with van der Waals surface area (Å²) >= 11 is 1.56. The second kappa shape index (κ2) is 8.19. The van der Waals surface area contributed by atoms with Crippen molar-refractivity contribution in [3.8, 4) is 27.6 Å². The number of ether oxygens (including phenoxy) is 1. The lowest BCUT2D eigenvalue weighted by atomic mass is 10.1. The van der Waals surface area contributed by atoms with E-state index in [1.54, 1.807) is 30.6 Å². The first-order chi connectivity index (χ1) is 13.7. The summed E-state index contributed by atoms with van der Waals surface area (Å²) in [6.45, 7) is 0. The van der Waals surface area contributed by atoms with Gasteiger partial charge >= 0.3 is 0 Å². The van der Waals surface area contributed by atoms with E-state index in [1.807, 2.05) is 35.7 Å². The second-order valence-electron chi connectivity index (χ2n) is 6.24. The van der Waals surface area contributed by atoms with E-state index in [0.29, 0.717) is 0 Å². The largest absolute Gasteiger partial charge is 0.496 e. The van der Waals surface area contributed by atoms with Crippen molar-refractivity contribution in [1.29, 1.82) is 0 Å². The Bertz CT molecular complexity index is 1100. The molecule has 3 aromatic carbocycles. The van der Waals surface area contributed by atoms with Crippen LogP contribution in [0.5, 0.6) is 5.75 Å². The third kappa shape index (κ3) is 4.02. The number of halogens is 1. The molecule has 0 N–H and O–H groups in total. The van der Waals surface area contributed by atoms with E-state index < -0.39 is 0 Å². The quantitative estimate of drug-likeness (QED) is 0.352. The third-order valence-electron chi connectivity index (χ3n) is 4.40. The maximum atomic E-state index is 13.1. The van der Waals surface area contributed by atoms with Gasteiger partial charge in [0.1, 0.15) is 16.6 Å². The molecule has 4 rings (SSSR count). The van der Waals surface area contributed by atoms with E-state index in [-0.39, 0.29) is 5.82 Å². The molecule has 0 fully saturated rings. The lowest BCUT2D eigenvalue weighted by Crippen LogP contribution is -1.85. The van der Waals surface area contributed by atoms with Crippen LogP contribution in [-0.2, 0) is 0 Å². The fraction of sp³-hybridized carbons (Fsp3) is 0.0417. The van der Waals surface area contributed by atoms with Crippen LogP contribution in [0.25, 0.3) is 34.0 Å². The molecule has 28 heavy (non-hydrogen) atoms. The molecule has 1 heterocycles. The number of hydrogen-bond acceptors (Lipinski definition) is 3. The van der Waals surface area contributed by atoms with Crippen LogP contribution in [0.2, 0.25) is 0 Å². The molecule has 4 heteroatoms. The zero-order valence-corrected chi connectivity index (χ0v) is 16.1. The minimum absolute atomic E-state index is 0.239. The zero-order valence-electron chi connectivity index (χ0n) is 15.3. The maximum absolute atomic E-state index is 13.1. The van der Waals surface area contributed by atoms with Crippen LogP contribution in [0.4, 0.5) is 4.39 Å². The number of methoxy groups -OCH3 is 1. The summed E-state index contributed by atoms with van der Waals surface area (Å²) in [5.74, 6) is 0.614. The highest BCUT2D eigenvalue weighted by molar-refractivity contribution is 7.13. The molecule has 0 amide bonds. The standard InChI is InChI=1S/C24H18FNOS/c1-27-23-5-3-2-4-19(23)11-8-17-6-9-18(10-7-17)22-16-28-24(26-22)20-12-14-21(25)15-13-20/h2-16H,1H3. The number of benzene rings is 3. The molecule has 0 radical (unpaired) electrons. The van der Waals surface area contributed by atoms with Crippen molar-refractivity contribution in [2.45, 2.75) is 0 Å². The average molecular weight is 387 g/mol. The Morgan fingerprint density at radius 2 is 1.57 bits per heavy atom. The van der Waals surface area contributed by atoms with Gasteiger partial charge in [-0.2, -0.15) is 0 Å². The fourth-order valence-corrected chi connectivity index (χ4v) is 3.72. The molecule has 0 aliphatic carbocycles. The molecule has 0 spiro atoms. The van der Waals surface area contributed by atoms with Gasteiger partial charge in [-0.15, -0.1) is 11.3 Å². The van der Waals surface area contributed by atoms with Crippen molar-refractivity contribution in [2.24, 2.45) is 0 Å². The van der Waals surface area contributed by atoms with Crippen LogP contribution in [0.15, 0.2) is 78.2 Å². The summed E-state index contributed by atoms with van der Waals surface area (Å²) in [7, 11) is 1.68. The second-order valence-corrected chi connectivity index (χ2v) is 7.10. The summed E-state index contributed by atoms with van der Waals surface area (Å²) in [4.78, 5) is 4.69. The Hall–Kier alpha value is -3.24. The lowest BCUT2D eigenvalue weighted by Gasteiger charge is -2.03. The first kappa shape index (κ1) is 18.1. The Morgan fingerprint density at radius 1 is 0.857 bits per heavy atom. The van der Waals surface area contributed by atoms with E-state index in [4.69, 9.17) is 4.74 Å². The van der Waals surface area contributed by atoms with Gasteiger partial charge in [0, 0.05) is 22.1 Å². The van der Waals surface area contributed by atoms with E-state index in [2.05, 4.69) is 35.3 Å². The van der Waals surface area contributed by atoms with E-state index in [0.717, 1.165) is 38.7 Å². The van der Waals surface area contributed by atoms with Crippen molar-refractivity contribution < 1.29 is 9.13 Å². The molecule has 0 aliphatic rings. The van der Waals surface area contributed by atoms with Crippen LogP contribution < -0.4 is 4.74 Å². The van der Waals surface area contributed by atoms with E-state index in [1.165, 1.54) is 12.1 Å². The summed E-state index contributed by atoms with van der Waals surface area (Å²) in [5, 5.41) is 2.91. The van der Waals surface area contributed by atoms with E-state index >= 15 is 0 Å². The minimum atomic E-state index is -0.239. The van der Waals surface area contributed by atoms with Gasteiger partial charge < -0.3 is 4.74 Å². The molecule has 138 valence electrons. The molecule has 4 aromatic rings. The Labute approximate surface area is 167 Å². The normalized spacial score (nSPS) is 11.1. The molecule has 0 saturated heterocycles. The van der Waals surface area contributed by atoms with Gasteiger partial charge in [0.05, 0.1) is 12.8 Å². The molecular formula is C24H18FNOS. The number of hydrogen-bond donors (Lipinski definition) is 0.